The zero-order valence-electron chi connectivity index (χ0n) is 17.1. The fraction of sp³-hybridized carbons (Fsp3) is 1.00. The van der Waals surface area contributed by atoms with Crippen LogP contribution in [0.3, 0.4) is 0 Å². The van der Waals surface area contributed by atoms with Crippen molar-refractivity contribution >= 4 is 0 Å². The van der Waals surface area contributed by atoms with Crippen molar-refractivity contribution in [1.29, 1.82) is 0 Å². The summed E-state index contributed by atoms with van der Waals surface area (Å²) in [7, 11) is 1.81. The fourth-order valence-electron chi connectivity index (χ4n) is 4.18. The molecule has 0 amide bonds. The van der Waals surface area contributed by atoms with E-state index in [0.717, 1.165) is 19.7 Å². The minimum absolute atomic E-state index is 0.245. The summed E-state index contributed by atoms with van der Waals surface area (Å²) in [5, 5.41) is 3.83. The molecule has 3 nitrogen and oxygen atoms in total. The van der Waals surface area contributed by atoms with Crippen LogP contribution < -0.4 is 5.32 Å². The van der Waals surface area contributed by atoms with Crippen LogP contribution in [0, 0.1) is 16.2 Å². The molecule has 0 bridgehead atoms. The van der Waals surface area contributed by atoms with E-state index in [1.165, 1.54) is 32.4 Å². The zero-order chi connectivity index (χ0) is 17.7. The Bertz CT molecular complexity index is 348. The van der Waals surface area contributed by atoms with E-state index in [-0.39, 0.29) is 5.41 Å². The van der Waals surface area contributed by atoms with Gasteiger partial charge in [0.2, 0.25) is 0 Å². The highest BCUT2D eigenvalue weighted by Gasteiger charge is 2.42. The summed E-state index contributed by atoms with van der Waals surface area (Å²) in [4.78, 5) is 2.59. The van der Waals surface area contributed by atoms with Crippen LogP contribution in [0.15, 0.2) is 0 Å². The van der Waals surface area contributed by atoms with Crippen LogP contribution >= 0.6 is 0 Å². The average molecular weight is 327 g/mol. The lowest BCUT2D eigenvalue weighted by molar-refractivity contribution is -0.0259. The van der Waals surface area contributed by atoms with E-state index in [9.17, 15) is 0 Å². The van der Waals surface area contributed by atoms with Crippen molar-refractivity contribution in [2.75, 3.05) is 39.9 Å². The Labute approximate surface area is 145 Å². The van der Waals surface area contributed by atoms with Crippen LogP contribution in [0.1, 0.15) is 67.7 Å². The summed E-state index contributed by atoms with van der Waals surface area (Å²) in [5.41, 5.74) is 1.09. The van der Waals surface area contributed by atoms with Gasteiger partial charge in [0, 0.05) is 44.7 Å². The van der Waals surface area contributed by atoms with Crippen LogP contribution in [0.25, 0.3) is 0 Å². The van der Waals surface area contributed by atoms with E-state index >= 15 is 0 Å². The molecule has 1 saturated heterocycles. The van der Waals surface area contributed by atoms with Gasteiger partial charge in [-0.1, -0.05) is 34.6 Å². The van der Waals surface area contributed by atoms with Crippen molar-refractivity contribution in [2.24, 2.45) is 16.2 Å². The zero-order valence-corrected chi connectivity index (χ0v) is 17.1. The highest BCUT2D eigenvalue weighted by molar-refractivity contribution is 4.97. The maximum absolute atomic E-state index is 5.41. The van der Waals surface area contributed by atoms with Gasteiger partial charge < -0.3 is 10.1 Å². The molecule has 1 aliphatic heterocycles. The lowest BCUT2D eigenvalue weighted by atomic mass is 9.72. The number of hydrogen-bond donors (Lipinski definition) is 1. The molecule has 1 N–H and O–H groups in total. The number of rotatable bonds is 11. The van der Waals surface area contributed by atoms with Gasteiger partial charge in [-0.2, -0.15) is 0 Å². The minimum atomic E-state index is 0.245. The van der Waals surface area contributed by atoms with E-state index in [1.54, 1.807) is 0 Å². The third-order valence-corrected chi connectivity index (χ3v) is 5.90. The summed E-state index contributed by atoms with van der Waals surface area (Å²) in [6.45, 7) is 22.0. The molecule has 23 heavy (non-hydrogen) atoms. The van der Waals surface area contributed by atoms with E-state index < -0.39 is 0 Å². The first kappa shape index (κ1) is 20.9. The average Bonchev–Trinajstić information content (AvgIpc) is 2.40. The Hall–Kier alpha value is -0.120. The van der Waals surface area contributed by atoms with Gasteiger partial charge in [-0.3, -0.25) is 4.90 Å². The number of likely N-dealkylation sites (tertiary alicyclic amines) is 1. The second-order valence-electron chi connectivity index (χ2n) is 9.39. The molecule has 1 rings (SSSR count). The van der Waals surface area contributed by atoms with Gasteiger partial charge in [-0.25, -0.2) is 0 Å². The first-order chi connectivity index (χ1) is 10.6. The van der Waals surface area contributed by atoms with Crippen molar-refractivity contribution in [3.05, 3.63) is 0 Å². The smallest absolute Gasteiger partial charge is 0.0513 e. The second kappa shape index (κ2) is 8.31. The van der Waals surface area contributed by atoms with Crippen LogP contribution in [-0.2, 0) is 4.74 Å². The molecule has 1 unspecified atom stereocenters. The van der Waals surface area contributed by atoms with Gasteiger partial charge in [-0.15, -0.1) is 0 Å². The van der Waals surface area contributed by atoms with Crippen molar-refractivity contribution in [1.82, 2.24) is 10.2 Å². The summed E-state index contributed by atoms with van der Waals surface area (Å²) in [6.07, 6.45) is 3.69. The molecule has 0 aromatic rings. The van der Waals surface area contributed by atoms with Crippen LogP contribution in [-0.4, -0.2) is 50.8 Å². The molecule has 1 heterocycles. The highest BCUT2D eigenvalue weighted by Crippen LogP contribution is 2.38. The number of nitrogens with zero attached hydrogens (tertiary/aromatic N) is 1. The molecule has 0 aromatic carbocycles. The number of hydrogen-bond acceptors (Lipinski definition) is 3. The highest BCUT2D eigenvalue weighted by atomic mass is 16.5. The molecule has 138 valence electrons. The standard InChI is InChI=1S/C20H42N2O/c1-9-19(7,11-18(5,6)16-23-8)12-21-13-20(10-2)14-22(15-20)17(3)4/h17,21H,9-16H2,1-8H3. The van der Waals surface area contributed by atoms with Gasteiger partial charge in [0.1, 0.15) is 0 Å². The second-order valence-corrected chi connectivity index (χ2v) is 9.39. The van der Waals surface area contributed by atoms with Gasteiger partial charge in [0.05, 0.1) is 6.61 Å². The predicted molar refractivity (Wildman–Crippen MR) is 101 cm³/mol. The number of methoxy groups -OCH3 is 1. The van der Waals surface area contributed by atoms with E-state index in [1.807, 2.05) is 7.11 Å². The Morgan fingerprint density at radius 2 is 1.78 bits per heavy atom. The Balaban J connectivity index is 2.48. The maximum Gasteiger partial charge on any atom is 0.0513 e. The molecule has 0 spiro atoms. The fourth-order valence-corrected chi connectivity index (χ4v) is 4.18. The molecule has 0 radical (unpaired) electrons. The predicted octanol–water partition coefficient (Wildman–Crippen LogP) is 4.18. The van der Waals surface area contributed by atoms with Gasteiger partial charge in [-0.05, 0) is 43.9 Å². The Morgan fingerprint density at radius 3 is 2.22 bits per heavy atom. The first-order valence-electron chi connectivity index (χ1n) is 9.55. The van der Waals surface area contributed by atoms with Crippen LogP contribution in [0.4, 0.5) is 0 Å². The summed E-state index contributed by atoms with van der Waals surface area (Å²) in [5.74, 6) is 0. The first-order valence-corrected chi connectivity index (χ1v) is 9.55. The Morgan fingerprint density at radius 1 is 1.17 bits per heavy atom. The lowest BCUT2D eigenvalue weighted by Gasteiger charge is -2.52. The third kappa shape index (κ3) is 6.03. The van der Waals surface area contributed by atoms with Crippen molar-refractivity contribution < 1.29 is 4.74 Å². The maximum atomic E-state index is 5.41. The quantitative estimate of drug-likeness (QED) is 0.616. The molecule has 1 atom stereocenters. The van der Waals surface area contributed by atoms with E-state index in [2.05, 4.69) is 58.7 Å². The molecule has 1 fully saturated rings. The van der Waals surface area contributed by atoms with Crippen LogP contribution in [0.2, 0.25) is 0 Å². The molecule has 0 aliphatic carbocycles. The van der Waals surface area contributed by atoms with Gasteiger partial charge >= 0.3 is 0 Å². The van der Waals surface area contributed by atoms with Crippen molar-refractivity contribution in [2.45, 2.75) is 73.8 Å². The van der Waals surface area contributed by atoms with Gasteiger partial charge in [0.15, 0.2) is 0 Å². The number of ether oxygens (including phenoxy) is 1. The van der Waals surface area contributed by atoms with Gasteiger partial charge in [0.25, 0.3) is 0 Å². The summed E-state index contributed by atoms with van der Waals surface area (Å²) >= 11 is 0. The third-order valence-electron chi connectivity index (χ3n) is 5.90. The normalized spacial score (nSPS) is 21.3. The molecular formula is C20H42N2O. The van der Waals surface area contributed by atoms with E-state index in [4.69, 9.17) is 4.74 Å². The largest absolute Gasteiger partial charge is 0.384 e. The van der Waals surface area contributed by atoms with Crippen LogP contribution in [0.5, 0.6) is 0 Å². The minimum Gasteiger partial charge on any atom is -0.384 e. The molecule has 0 saturated carbocycles. The lowest BCUT2D eigenvalue weighted by Crippen LogP contribution is -2.62. The number of nitrogens with one attached hydrogen (secondary N) is 1. The molecule has 3 heteroatoms. The summed E-state index contributed by atoms with van der Waals surface area (Å²) < 4.78 is 5.41. The topological polar surface area (TPSA) is 24.5 Å². The van der Waals surface area contributed by atoms with Crippen molar-refractivity contribution in [3.8, 4) is 0 Å². The summed E-state index contributed by atoms with van der Waals surface area (Å²) in [6, 6.07) is 0.686. The SMILES string of the molecule is CCC(C)(CNCC1(CC)CN(C(C)C)C1)CC(C)(C)COC. The van der Waals surface area contributed by atoms with Crippen molar-refractivity contribution in [3.63, 3.8) is 0 Å². The molecular weight excluding hydrogens is 284 g/mol. The molecule has 0 aromatic heterocycles. The van der Waals surface area contributed by atoms with E-state index in [0.29, 0.717) is 16.9 Å². The molecule has 1 aliphatic rings. The Kier molecular flexibility index (Phi) is 7.56. The monoisotopic (exact) mass is 326 g/mol.